The Balaban J connectivity index is 1.74. The Labute approximate surface area is 206 Å². The van der Waals surface area contributed by atoms with Gasteiger partial charge in [-0.05, 0) is 42.4 Å². The van der Waals surface area contributed by atoms with Crippen LogP contribution in [0.3, 0.4) is 0 Å². The number of carbonyl (C=O) groups excluding carboxylic acids is 1. The molecule has 35 heavy (non-hydrogen) atoms. The first-order valence-corrected chi connectivity index (χ1v) is 13.6. The van der Waals surface area contributed by atoms with Crippen molar-refractivity contribution in [2.24, 2.45) is 0 Å². The Hall–Kier alpha value is -3.08. The van der Waals surface area contributed by atoms with E-state index in [-0.39, 0.29) is 28.1 Å². The third kappa shape index (κ3) is 3.85. The van der Waals surface area contributed by atoms with E-state index >= 15 is 0 Å². The van der Waals surface area contributed by atoms with Crippen molar-refractivity contribution in [1.29, 1.82) is 0 Å². The number of nitrogens with zero attached hydrogens (tertiary/aromatic N) is 4. The molecule has 1 N–H and O–H groups in total. The number of anilines is 1. The smallest absolute Gasteiger partial charge is 0.349 e. The summed E-state index contributed by atoms with van der Waals surface area (Å²) in [5, 5.41) is 1.23. The van der Waals surface area contributed by atoms with Crippen molar-refractivity contribution in [2.75, 3.05) is 24.5 Å². The SMILES string of the molecule is C=CC(=O)N1CCN(c2nc(=O)n3c4c(c(-c5ccc(F)cc5F)c(Cl)cc24)[SiH](O)CC3)[C@@H](C)C1. The van der Waals surface area contributed by atoms with Crippen LogP contribution in [0.15, 0.2) is 41.7 Å². The van der Waals surface area contributed by atoms with Gasteiger partial charge < -0.3 is 14.6 Å². The van der Waals surface area contributed by atoms with Gasteiger partial charge in [-0.1, -0.05) is 18.2 Å². The summed E-state index contributed by atoms with van der Waals surface area (Å²) in [4.78, 5) is 44.3. The average Bonchev–Trinajstić information content (AvgIpc) is 2.82. The topological polar surface area (TPSA) is 78.7 Å². The molecule has 0 aliphatic carbocycles. The Bertz CT molecular complexity index is 1450. The van der Waals surface area contributed by atoms with Crippen LogP contribution >= 0.6 is 11.6 Å². The Morgan fingerprint density at radius 1 is 1.29 bits per heavy atom. The number of rotatable bonds is 3. The Morgan fingerprint density at radius 2 is 2.06 bits per heavy atom. The first kappa shape index (κ1) is 23.6. The summed E-state index contributed by atoms with van der Waals surface area (Å²) >= 11 is 6.70. The van der Waals surface area contributed by atoms with Crippen LogP contribution in [0.5, 0.6) is 0 Å². The normalized spacial score (nSPS) is 19.8. The average molecular weight is 517 g/mol. The lowest BCUT2D eigenvalue weighted by Gasteiger charge is -2.41. The molecule has 0 bridgehead atoms. The third-order valence-electron chi connectivity index (χ3n) is 6.78. The van der Waals surface area contributed by atoms with Crippen molar-refractivity contribution >= 4 is 48.5 Å². The number of amides is 1. The van der Waals surface area contributed by atoms with E-state index in [1.165, 1.54) is 16.7 Å². The highest BCUT2D eigenvalue weighted by Crippen LogP contribution is 2.37. The van der Waals surface area contributed by atoms with E-state index < -0.39 is 26.4 Å². The second-order valence-electron chi connectivity index (χ2n) is 8.87. The first-order valence-electron chi connectivity index (χ1n) is 11.3. The minimum Gasteiger partial charge on any atom is -0.430 e. The molecule has 1 amide bonds. The standard InChI is InChI=1S/C24H23ClF2N4O3Si/c1-3-19(32)29-6-7-30(13(2)12-29)23-16-11-17(25)20(15-5-4-14(26)10-18(15)27)22-21(16)31(24(33)28-23)8-9-35(22)34/h3-5,10-11,13,34-35H,1,6-9,12H2,2H3/t13-,35?/m0/s1. The van der Waals surface area contributed by atoms with Crippen molar-refractivity contribution in [1.82, 2.24) is 14.5 Å². The van der Waals surface area contributed by atoms with E-state index in [1.807, 2.05) is 11.8 Å². The van der Waals surface area contributed by atoms with Crippen LogP contribution < -0.4 is 15.8 Å². The molecule has 11 heteroatoms. The van der Waals surface area contributed by atoms with E-state index in [2.05, 4.69) is 11.6 Å². The monoisotopic (exact) mass is 516 g/mol. The number of aryl methyl sites for hydroxylation is 1. The molecular weight excluding hydrogens is 494 g/mol. The molecule has 5 rings (SSSR count). The van der Waals surface area contributed by atoms with Crippen LogP contribution in [-0.4, -0.2) is 59.9 Å². The van der Waals surface area contributed by atoms with E-state index in [0.717, 1.165) is 12.1 Å². The highest BCUT2D eigenvalue weighted by atomic mass is 35.5. The molecule has 0 radical (unpaired) electrons. The lowest BCUT2D eigenvalue weighted by atomic mass is 10.0. The summed E-state index contributed by atoms with van der Waals surface area (Å²) in [7, 11) is -2.63. The van der Waals surface area contributed by atoms with Crippen LogP contribution in [0.4, 0.5) is 14.6 Å². The molecule has 7 nitrogen and oxygen atoms in total. The van der Waals surface area contributed by atoms with E-state index in [0.29, 0.717) is 54.1 Å². The van der Waals surface area contributed by atoms with Gasteiger partial charge in [-0.3, -0.25) is 9.36 Å². The fraction of sp³-hybridized carbons (Fsp3) is 0.292. The number of benzene rings is 2. The number of hydrogen-bond donors (Lipinski definition) is 1. The van der Waals surface area contributed by atoms with Gasteiger partial charge in [0.1, 0.15) is 17.5 Å². The number of carbonyl (C=O) groups is 1. The largest absolute Gasteiger partial charge is 0.430 e. The van der Waals surface area contributed by atoms with Crippen molar-refractivity contribution < 1.29 is 18.4 Å². The van der Waals surface area contributed by atoms with Crippen LogP contribution in [0.1, 0.15) is 6.92 Å². The van der Waals surface area contributed by atoms with Crippen LogP contribution in [0, 0.1) is 11.6 Å². The maximum atomic E-state index is 14.8. The summed E-state index contributed by atoms with van der Waals surface area (Å²) in [6, 6.07) is 5.05. The molecule has 0 saturated carbocycles. The fourth-order valence-corrected chi connectivity index (χ4v) is 7.61. The van der Waals surface area contributed by atoms with Crippen molar-refractivity contribution in [3.63, 3.8) is 0 Å². The predicted octanol–water partition coefficient (Wildman–Crippen LogP) is 2.15. The summed E-state index contributed by atoms with van der Waals surface area (Å²) in [6.07, 6.45) is 1.28. The van der Waals surface area contributed by atoms with E-state index in [4.69, 9.17) is 11.6 Å². The zero-order valence-electron chi connectivity index (χ0n) is 19.0. The van der Waals surface area contributed by atoms with Crippen LogP contribution in [0.25, 0.3) is 22.0 Å². The van der Waals surface area contributed by atoms with Crippen molar-refractivity contribution in [3.8, 4) is 11.1 Å². The lowest BCUT2D eigenvalue weighted by molar-refractivity contribution is -0.126. The van der Waals surface area contributed by atoms with Gasteiger partial charge in [0.15, 0.2) is 0 Å². The number of halogens is 3. The molecule has 2 aliphatic rings. The highest BCUT2D eigenvalue weighted by molar-refractivity contribution is 6.71. The van der Waals surface area contributed by atoms with Crippen molar-refractivity contribution in [3.05, 3.63) is 64.1 Å². The molecule has 182 valence electrons. The minimum absolute atomic E-state index is 0.0732. The first-order chi connectivity index (χ1) is 16.7. The molecular formula is C24H23ClF2N4O3Si. The molecule has 1 unspecified atom stereocenters. The zero-order valence-corrected chi connectivity index (χ0v) is 20.9. The second-order valence-corrected chi connectivity index (χ2v) is 11.5. The van der Waals surface area contributed by atoms with Gasteiger partial charge in [-0.25, -0.2) is 13.6 Å². The molecule has 3 heterocycles. The lowest BCUT2D eigenvalue weighted by Crippen LogP contribution is -2.54. The summed E-state index contributed by atoms with van der Waals surface area (Å²) in [5.74, 6) is -1.27. The molecule has 3 aromatic rings. The van der Waals surface area contributed by atoms with Gasteiger partial charge in [0.2, 0.25) is 14.9 Å². The van der Waals surface area contributed by atoms with Crippen LogP contribution in [-0.2, 0) is 11.3 Å². The Kier molecular flexibility index (Phi) is 5.98. The number of aromatic nitrogens is 2. The summed E-state index contributed by atoms with van der Waals surface area (Å²) in [5.41, 5.74) is 0.379. The van der Waals surface area contributed by atoms with Gasteiger partial charge in [0.25, 0.3) is 0 Å². The molecule has 2 atom stereocenters. The van der Waals surface area contributed by atoms with E-state index in [9.17, 15) is 23.2 Å². The third-order valence-corrected chi connectivity index (χ3v) is 9.11. The van der Waals surface area contributed by atoms with Gasteiger partial charge in [0, 0.05) is 59.8 Å². The molecule has 1 fully saturated rings. The molecule has 1 aromatic heterocycles. The van der Waals surface area contributed by atoms with Gasteiger partial charge >= 0.3 is 5.69 Å². The summed E-state index contributed by atoms with van der Waals surface area (Å²) < 4.78 is 29.9. The Morgan fingerprint density at radius 3 is 2.74 bits per heavy atom. The molecule has 2 aromatic carbocycles. The highest BCUT2D eigenvalue weighted by Gasteiger charge is 2.34. The number of piperazine rings is 1. The van der Waals surface area contributed by atoms with Crippen LogP contribution in [0.2, 0.25) is 11.1 Å². The predicted molar refractivity (Wildman–Crippen MR) is 134 cm³/mol. The van der Waals surface area contributed by atoms with E-state index in [1.54, 1.807) is 11.0 Å². The maximum Gasteiger partial charge on any atom is 0.349 e. The molecule has 0 spiro atoms. The molecule has 2 aliphatic heterocycles. The minimum atomic E-state index is -2.63. The van der Waals surface area contributed by atoms with Gasteiger partial charge in [-0.15, -0.1) is 0 Å². The van der Waals surface area contributed by atoms with Gasteiger partial charge in [-0.2, -0.15) is 4.98 Å². The van der Waals surface area contributed by atoms with Crippen molar-refractivity contribution in [2.45, 2.75) is 25.6 Å². The zero-order chi connectivity index (χ0) is 25.0. The summed E-state index contributed by atoms with van der Waals surface area (Å²) in [6.45, 7) is 7.07. The maximum absolute atomic E-state index is 14.8. The molecule has 1 saturated heterocycles. The number of hydrogen-bond acceptors (Lipinski definition) is 5. The quantitative estimate of drug-likeness (QED) is 0.426. The van der Waals surface area contributed by atoms with Gasteiger partial charge in [0.05, 0.1) is 5.52 Å². The fourth-order valence-electron chi connectivity index (χ4n) is 5.14. The second kappa shape index (κ2) is 8.85.